The predicted molar refractivity (Wildman–Crippen MR) is 89.6 cm³/mol. The van der Waals surface area contributed by atoms with E-state index >= 15 is 0 Å². The average Bonchev–Trinajstić information content (AvgIpc) is 2.42. The molecule has 0 aromatic heterocycles. The summed E-state index contributed by atoms with van der Waals surface area (Å²) >= 11 is 0. The van der Waals surface area contributed by atoms with Crippen LogP contribution in [0.4, 0.5) is 0 Å². The fourth-order valence-electron chi connectivity index (χ4n) is 3.09. The molecule has 0 aliphatic heterocycles. The first-order valence-electron chi connectivity index (χ1n) is 7.72. The van der Waals surface area contributed by atoms with Crippen molar-refractivity contribution in [1.29, 1.82) is 0 Å². The van der Waals surface area contributed by atoms with Gasteiger partial charge in [-0.05, 0) is 36.7 Å². The maximum atomic E-state index is 12.1. The summed E-state index contributed by atoms with van der Waals surface area (Å²) in [6, 6.07) is 9.50. The van der Waals surface area contributed by atoms with Crippen LogP contribution < -0.4 is 11.1 Å². The lowest BCUT2D eigenvalue weighted by molar-refractivity contribution is -0.123. The van der Waals surface area contributed by atoms with Crippen LogP contribution in [0.1, 0.15) is 44.6 Å². The van der Waals surface area contributed by atoms with Crippen LogP contribution >= 0.6 is 12.4 Å². The van der Waals surface area contributed by atoms with Crippen molar-refractivity contribution in [2.24, 2.45) is 11.1 Å². The van der Waals surface area contributed by atoms with Crippen molar-refractivity contribution in [3.05, 3.63) is 35.9 Å². The van der Waals surface area contributed by atoms with Gasteiger partial charge < -0.3 is 11.1 Å². The molecule has 1 atom stereocenters. The van der Waals surface area contributed by atoms with E-state index in [-0.39, 0.29) is 18.3 Å². The molecule has 0 heterocycles. The second-order valence-electron chi connectivity index (χ2n) is 6.12. The van der Waals surface area contributed by atoms with Crippen LogP contribution in [0.25, 0.3) is 0 Å². The van der Waals surface area contributed by atoms with Crippen LogP contribution in [0.15, 0.2) is 30.3 Å². The summed E-state index contributed by atoms with van der Waals surface area (Å²) in [7, 11) is 0. The third-order valence-corrected chi connectivity index (χ3v) is 4.47. The van der Waals surface area contributed by atoms with Gasteiger partial charge in [0.25, 0.3) is 0 Å². The Labute approximate surface area is 134 Å². The van der Waals surface area contributed by atoms with E-state index in [0.29, 0.717) is 11.8 Å². The lowest BCUT2D eigenvalue weighted by Crippen LogP contribution is -2.48. The van der Waals surface area contributed by atoms with E-state index in [2.05, 4.69) is 12.2 Å². The third-order valence-electron chi connectivity index (χ3n) is 4.47. The molecule has 2 rings (SSSR count). The summed E-state index contributed by atoms with van der Waals surface area (Å²) in [5, 5.41) is 3.07. The van der Waals surface area contributed by atoms with Gasteiger partial charge in [0.15, 0.2) is 0 Å². The molecule has 1 aliphatic rings. The molecule has 1 amide bonds. The van der Waals surface area contributed by atoms with Gasteiger partial charge in [0.05, 0.1) is 6.04 Å². The van der Waals surface area contributed by atoms with E-state index in [1.165, 1.54) is 32.1 Å². The molecule has 0 spiro atoms. The Hall–Kier alpha value is -1.06. The minimum atomic E-state index is -0.448. The van der Waals surface area contributed by atoms with Gasteiger partial charge in [-0.1, -0.05) is 50.1 Å². The quantitative estimate of drug-likeness (QED) is 0.813. The van der Waals surface area contributed by atoms with Gasteiger partial charge in [0.1, 0.15) is 0 Å². The van der Waals surface area contributed by atoms with Crippen molar-refractivity contribution in [3.63, 3.8) is 0 Å². The van der Waals surface area contributed by atoms with E-state index < -0.39 is 6.04 Å². The number of nitrogens with one attached hydrogen (secondary N) is 1. The standard InChI is InChI=1S/C17H26N2O.ClH/c1-2-9-17(10-6-11-17)13-19-16(20)15(18)12-14-7-4-3-5-8-14;/h3-5,7-8,15H,2,6,9-13,18H2,1H3,(H,19,20);1H/t15-;/m0./s1. The molecular formula is C17H27ClN2O. The molecule has 1 aromatic rings. The highest BCUT2D eigenvalue weighted by Crippen LogP contribution is 2.44. The molecule has 21 heavy (non-hydrogen) atoms. The molecule has 0 unspecified atom stereocenters. The van der Waals surface area contributed by atoms with Gasteiger partial charge in [-0.3, -0.25) is 4.79 Å². The summed E-state index contributed by atoms with van der Waals surface area (Å²) in [5.41, 5.74) is 7.47. The van der Waals surface area contributed by atoms with E-state index in [0.717, 1.165) is 12.1 Å². The minimum absolute atomic E-state index is 0. The molecule has 3 N–H and O–H groups in total. The Kier molecular flexibility index (Phi) is 7.20. The first kappa shape index (κ1) is 18.0. The summed E-state index contributed by atoms with van der Waals surface area (Å²) in [5.74, 6) is -0.0174. The lowest BCUT2D eigenvalue weighted by atomic mass is 9.66. The lowest BCUT2D eigenvalue weighted by Gasteiger charge is -2.42. The van der Waals surface area contributed by atoms with Gasteiger partial charge in [-0.15, -0.1) is 12.4 Å². The Balaban J connectivity index is 0.00000220. The number of nitrogens with two attached hydrogens (primary N) is 1. The van der Waals surface area contributed by atoms with Gasteiger partial charge in [-0.2, -0.15) is 0 Å². The Morgan fingerprint density at radius 3 is 2.52 bits per heavy atom. The van der Waals surface area contributed by atoms with Gasteiger partial charge in [-0.25, -0.2) is 0 Å². The number of benzene rings is 1. The van der Waals surface area contributed by atoms with Crippen LogP contribution in [0, 0.1) is 5.41 Å². The number of hydrogen-bond donors (Lipinski definition) is 2. The molecule has 0 bridgehead atoms. The first-order valence-corrected chi connectivity index (χ1v) is 7.72. The Morgan fingerprint density at radius 1 is 1.33 bits per heavy atom. The molecule has 0 radical (unpaired) electrons. The average molecular weight is 311 g/mol. The highest BCUT2D eigenvalue weighted by atomic mass is 35.5. The van der Waals surface area contributed by atoms with Gasteiger partial charge in [0, 0.05) is 6.54 Å². The van der Waals surface area contributed by atoms with Crippen molar-refractivity contribution in [1.82, 2.24) is 5.32 Å². The minimum Gasteiger partial charge on any atom is -0.354 e. The maximum Gasteiger partial charge on any atom is 0.237 e. The van der Waals surface area contributed by atoms with Crippen molar-refractivity contribution < 1.29 is 4.79 Å². The van der Waals surface area contributed by atoms with Crippen molar-refractivity contribution in [2.45, 2.75) is 51.5 Å². The van der Waals surface area contributed by atoms with Crippen LogP contribution in [0.3, 0.4) is 0 Å². The summed E-state index contributed by atoms with van der Waals surface area (Å²) < 4.78 is 0. The highest BCUT2D eigenvalue weighted by molar-refractivity contribution is 5.85. The zero-order valence-corrected chi connectivity index (χ0v) is 13.6. The van der Waals surface area contributed by atoms with E-state index in [9.17, 15) is 4.79 Å². The molecule has 4 heteroatoms. The largest absolute Gasteiger partial charge is 0.354 e. The number of hydrogen-bond acceptors (Lipinski definition) is 2. The summed E-state index contributed by atoms with van der Waals surface area (Å²) in [6.45, 7) is 3.01. The third kappa shape index (κ3) is 5.01. The van der Waals surface area contributed by atoms with E-state index in [4.69, 9.17) is 5.73 Å². The number of rotatable bonds is 7. The molecule has 1 aliphatic carbocycles. The second-order valence-corrected chi connectivity index (χ2v) is 6.12. The van der Waals surface area contributed by atoms with Crippen LogP contribution in [0.2, 0.25) is 0 Å². The first-order chi connectivity index (χ1) is 9.65. The number of halogens is 1. The fraction of sp³-hybridized carbons (Fsp3) is 0.588. The highest BCUT2D eigenvalue weighted by Gasteiger charge is 2.36. The fourth-order valence-corrected chi connectivity index (χ4v) is 3.09. The molecule has 1 aromatic carbocycles. The van der Waals surface area contributed by atoms with E-state index in [1.807, 2.05) is 30.3 Å². The van der Waals surface area contributed by atoms with Gasteiger partial charge >= 0.3 is 0 Å². The SMILES string of the molecule is CCCC1(CNC(=O)[C@@H](N)Cc2ccccc2)CCC1.Cl. The number of carbonyl (C=O) groups excluding carboxylic acids is 1. The monoisotopic (exact) mass is 310 g/mol. The predicted octanol–water partition coefficient (Wildman–Crippen LogP) is 3.06. The zero-order chi connectivity index (χ0) is 14.4. The zero-order valence-electron chi connectivity index (χ0n) is 12.8. The van der Waals surface area contributed by atoms with Gasteiger partial charge in [0.2, 0.25) is 5.91 Å². The number of carbonyl (C=O) groups is 1. The molecule has 1 fully saturated rings. The summed E-state index contributed by atoms with van der Waals surface area (Å²) in [4.78, 5) is 12.1. The summed E-state index contributed by atoms with van der Waals surface area (Å²) in [6.07, 6.45) is 6.79. The maximum absolute atomic E-state index is 12.1. The van der Waals surface area contributed by atoms with Crippen molar-refractivity contribution in [3.8, 4) is 0 Å². The number of amides is 1. The Morgan fingerprint density at radius 2 is 2.00 bits per heavy atom. The van der Waals surface area contributed by atoms with Crippen LogP contribution in [-0.4, -0.2) is 18.5 Å². The smallest absolute Gasteiger partial charge is 0.237 e. The van der Waals surface area contributed by atoms with Crippen LogP contribution in [0.5, 0.6) is 0 Å². The van der Waals surface area contributed by atoms with Crippen molar-refractivity contribution in [2.75, 3.05) is 6.54 Å². The Bertz CT molecular complexity index is 432. The van der Waals surface area contributed by atoms with Crippen LogP contribution in [-0.2, 0) is 11.2 Å². The van der Waals surface area contributed by atoms with Crippen molar-refractivity contribution >= 4 is 18.3 Å². The topological polar surface area (TPSA) is 55.1 Å². The normalized spacial score (nSPS) is 17.2. The molecular weight excluding hydrogens is 284 g/mol. The molecule has 118 valence electrons. The molecule has 0 saturated heterocycles. The molecule has 1 saturated carbocycles. The van der Waals surface area contributed by atoms with E-state index in [1.54, 1.807) is 0 Å². The molecule has 3 nitrogen and oxygen atoms in total. The second kappa shape index (κ2) is 8.40.